The van der Waals surface area contributed by atoms with Gasteiger partial charge in [-0.25, -0.2) is 0 Å². The van der Waals surface area contributed by atoms with E-state index in [0.717, 1.165) is 28.2 Å². The number of ether oxygens (including phenoxy) is 1. The molecule has 0 aliphatic rings. The molecule has 1 aromatic carbocycles. The van der Waals surface area contributed by atoms with E-state index in [4.69, 9.17) is 0 Å². The molecule has 0 aliphatic heterocycles. The van der Waals surface area contributed by atoms with Crippen LogP contribution in [-0.2, 0) is 35.1 Å². The van der Waals surface area contributed by atoms with Crippen LogP contribution in [0.5, 0.6) is 0 Å². The molecule has 0 bridgehead atoms. The van der Waals surface area contributed by atoms with Crippen molar-refractivity contribution in [3.05, 3.63) is 36.0 Å². The van der Waals surface area contributed by atoms with Gasteiger partial charge in [0.25, 0.3) is 0 Å². The number of unbranched alkanes of at least 4 members (excludes halogenated alkanes) is 1. The fraction of sp³-hybridized carbons (Fsp3) is 0.536. The molecule has 11 heteroatoms. The largest absolute Gasteiger partial charge is 0.469 e. The van der Waals surface area contributed by atoms with E-state index in [-0.39, 0.29) is 35.8 Å². The molecule has 2 aromatic rings. The van der Waals surface area contributed by atoms with Crippen molar-refractivity contribution in [1.82, 2.24) is 20.9 Å². The second kappa shape index (κ2) is 15.9. The molecule has 1 aromatic heterocycles. The number of carbonyl (C=O) groups is 5. The molecule has 1 heterocycles. The van der Waals surface area contributed by atoms with Crippen LogP contribution >= 0.6 is 11.8 Å². The Bertz CT molecular complexity index is 1150. The van der Waals surface area contributed by atoms with Crippen molar-refractivity contribution in [2.45, 2.75) is 76.6 Å². The van der Waals surface area contributed by atoms with Crippen molar-refractivity contribution in [3.8, 4) is 0 Å². The van der Waals surface area contributed by atoms with Crippen LogP contribution in [0, 0.1) is 5.92 Å². The van der Waals surface area contributed by atoms with Crippen LogP contribution in [-0.4, -0.2) is 65.3 Å². The third-order valence-electron chi connectivity index (χ3n) is 6.24. The molecule has 214 valence electrons. The Labute approximate surface area is 233 Å². The number of esters is 1. The maximum Gasteiger partial charge on any atom is 0.305 e. The number of methoxy groups -OCH3 is 1. The van der Waals surface area contributed by atoms with Gasteiger partial charge in [-0.15, -0.1) is 0 Å². The molecular formula is C28H40N4O6S. The molecule has 0 fully saturated rings. The van der Waals surface area contributed by atoms with E-state index < -0.39 is 29.1 Å². The lowest BCUT2D eigenvalue weighted by Gasteiger charge is -2.25. The lowest BCUT2D eigenvalue weighted by atomic mass is 10.0. The zero-order chi connectivity index (χ0) is 28.9. The predicted molar refractivity (Wildman–Crippen MR) is 152 cm³/mol. The lowest BCUT2D eigenvalue weighted by Crippen LogP contribution is -2.55. The number of H-pyrrole nitrogens is 1. The molecule has 0 saturated heterocycles. The van der Waals surface area contributed by atoms with E-state index in [2.05, 4.69) is 25.7 Å². The van der Waals surface area contributed by atoms with Crippen LogP contribution in [0.25, 0.3) is 10.9 Å². The number of aromatic amines is 1. The summed E-state index contributed by atoms with van der Waals surface area (Å²) in [5, 5.41) is 8.29. The molecule has 3 atom stereocenters. The average Bonchev–Trinajstić information content (AvgIpc) is 3.31. The molecule has 3 amide bonds. The van der Waals surface area contributed by atoms with Crippen LogP contribution in [0.15, 0.2) is 30.5 Å². The zero-order valence-corrected chi connectivity index (χ0v) is 24.1. The van der Waals surface area contributed by atoms with E-state index in [1.165, 1.54) is 21.1 Å². The van der Waals surface area contributed by atoms with Gasteiger partial charge in [-0.05, 0) is 36.8 Å². The molecule has 2 rings (SSSR count). The smallest absolute Gasteiger partial charge is 0.305 e. The summed E-state index contributed by atoms with van der Waals surface area (Å²) in [6, 6.07) is 5.96. The van der Waals surface area contributed by atoms with Crippen molar-refractivity contribution >= 4 is 51.5 Å². The number of thioether (sulfide) groups is 1. The number of carbonyl (C=O) groups excluding carboxylic acids is 5. The summed E-state index contributed by atoms with van der Waals surface area (Å²) in [5.74, 6) is -1.50. The summed E-state index contributed by atoms with van der Waals surface area (Å²) >= 11 is 0.905. The average molecular weight is 561 g/mol. The Balaban J connectivity index is 2.14. The molecule has 4 N–H and O–H groups in total. The fourth-order valence-electron chi connectivity index (χ4n) is 4.29. The van der Waals surface area contributed by atoms with Gasteiger partial charge >= 0.3 is 5.97 Å². The first-order valence-corrected chi connectivity index (χ1v) is 14.0. The number of amides is 3. The molecule has 0 spiro atoms. The topological polar surface area (TPSA) is 146 Å². The third-order valence-corrected chi connectivity index (χ3v) is 7.31. The van der Waals surface area contributed by atoms with Gasteiger partial charge in [0, 0.05) is 43.9 Å². The molecular weight excluding hydrogens is 520 g/mol. The maximum absolute atomic E-state index is 13.4. The quantitative estimate of drug-likeness (QED) is 0.193. The van der Waals surface area contributed by atoms with E-state index in [1.54, 1.807) is 0 Å². The van der Waals surface area contributed by atoms with Crippen LogP contribution in [0.3, 0.4) is 0 Å². The Morgan fingerprint density at radius 2 is 1.67 bits per heavy atom. The Kier molecular flexibility index (Phi) is 13.0. The number of rotatable bonds is 15. The van der Waals surface area contributed by atoms with Crippen LogP contribution in [0.4, 0.5) is 0 Å². The number of hydrogen-bond acceptors (Lipinski definition) is 7. The number of hydrogen-bond donors (Lipinski definition) is 4. The highest BCUT2D eigenvalue weighted by Crippen LogP contribution is 2.21. The predicted octanol–water partition coefficient (Wildman–Crippen LogP) is 2.85. The van der Waals surface area contributed by atoms with E-state index in [1.807, 2.05) is 44.3 Å². The summed E-state index contributed by atoms with van der Waals surface area (Å²) in [7, 11) is 2.83. The van der Waals surface area contributed by atoms with Crippen LogP contribution in [0.2, 0.25) is 0 Å². The number of nitrogens with one attached hydrogen (secondary N) is 4. The van der Waals surface area contributed by atoms with Crippen LogP contribution in [0.1, 0.15) is 58.4 Å². The van der Waals surface area contributed by atoms with Gasteiger partial charge in [0.2, 0.25) is 17.7 Å². The van der Waals surface area contributed by atoms with Crippen molar-refractivity contribution in [1.29, 1.82) is 0 Å². The fourth-order valence-corrected chi connectivity index (χ4v) is 5.15. The minimum atomic E-state index is -0.891. The van der Waals surface area contributed by atoms with Gasteiger partial charge in [-0.1, -0.05) is 50.2 Å². The van der Waals surface area contributed by atoms with E-state index >= 15 is 0 Å². The standard InChI is InChI=1S/C28H40N4O6S/c1-17(2)14-22(32-28(37)24(39-18(3)33)12-8-9-13-25(34)38-5)27(36)31-23(26(35)29-4)15-19-16-30-21-11-7-6-10-20(19)21/h6-7,10-11,16-17,22-24,30H,8-9,12-15H2,1-5H3,(H,29,35)(H,31,36)(H,32,37)/t22?,23-,24?/m0/s1. The number of benzene rings is 1. The first-order chi connectivity index (χ1) is 18.5. The zero-order valence-electron chi connectivity index (χ0n) is 23.3. The maximum atomic E-state index is 13.4. The van der Waals surface area contributed by atoms with Gasteiger partial charge < -0.3 is 25.7 Å². The molecule has 0 aliphatic carbocycles. The molecule has 0 saturated carbocycles. The highest BCUT2D eigenvalue weighted by molar-refractivity contribution is 8.14. The van der Waals surface area contributed by atoms with E-state index in [0.29, 0.717) is 25.7 Å². The highest BCUT2D eigenvalue weighted by Gasteiger charge is 2.30. The Morgan fingerprint density at radius 1 is 0.974 bits per heavy atom. The first-order valence-electron chi connectivity index (χ1n) is 13.2. The number of likely N-dealkylation sites (N-methyl/N-ethyl adjacent to an activating group) is 1. The van der Waals surface area contributed by atoms with Crippen molar-refractivity contribution in [2.24, 2.45) is 5.92 Å². The van der Waals surface area contributed by atoms with Gasteiger partial charge in [-0.2, -0.15) is 0 Å². The van der Waals surface area contributed by atoms with E-state index in [9.17, 15) is 24.0 Å². The Hall–Kier alpha value is -3.34. The van der Waals surface area contributed by atoms with Crippen LogP contribution < -0.4 is 16.0 Å². The van der Waals surface area contributed by atoms with Crippen molar-refractivity contribution < 1.29 is 28.7 Å². The first kappa shape index (κ1) is 31.9. The summed E-state index contributed by atoms with van der Waals surface area (Å²) in [6.07, 6.45) is 4.09. The van der Waals surface area contributed by atoms with Crippen molar-refractivity contribution in [3.63, 3.8) is 0 Å². The Morgan fingerprint density at radius 3 is 2.31 bits per heavy atom. The van der Waals surface area contributed by atoms with Gasteiger partial charge in [0.1, 0.15) is 12.1 Å². The summed E-state index contributed by atoms with van der Waals surface area (Å²) in [6.45, 7) is 5.25. The molecule has 0 radical (unpaired) electrons. The monoisotopic (exact) mass is 560 g/mol. The SMILES string of the molecule is CNC(=O)[C@H](Cc1c[nH]c2ccccc12)NC(=O)C(CC(C)C)NC(=O)C(CCCCC(=O)OC)SC(C)=O. The minimum Gasteiger partial charge on any atom is -0.469 e. The summed E-state index contributed by atoms with van der Waals surface area (Å²) in [5.41, 5.74) is 1.81. The molecule has 2 unspecified atom stereocenters. The number of fused-ring (bicyclic) bond motifs is 1. The van der Waals surface area contributed by atoms with Crippen molar-refractivity contribution in [2.75, 3.05) is 14.2 Å². The second-order valence-corrected chi connectivity index (χ2v) is 11.2. The van der Waals surface area contributed by atoms with Gasteiger partial charge in [0.05, 0.1) is 12.4 Å². The van der Waals surface area contributed by atoms with Gasteiger partial charge in [0.15, 0.2) is 5.12 Å². The normalized spacial score (nSPS) is 13.4. The number of para-hydroxylation sites is 1. The second-order valence-electron chi connectivity index (χ2n) is 9.85. The molecule has 39 heavy (non-hydrogen) atoms. The molecule has 10 nitrogen and oxygen atoms in total. The highest BCUT2D eigenvalue weighted by atomic mass is 32.2. The summed E-state index contributed by atoms with van der Waals surface area (Å²) < 4.78 is 4.64. The lowest BCUT2D eigenvalue weighted by molar-refractivity contribution is -0.140. The summed E-state index contributed by atoms with van der Waals surface area (Å²) in [4.78, 5) is 65.7. The third kappa shape index (κ3) is 10.4. The van der Waals surface area contributed by atoms with Gasteiger partial charge in [-0.3, -0.25) is 24.0 Å². The number of aromatic nitrogens is 1. The minimum absolute atomic E-state index is 0.0760.